The third-order valence-electron chi connectivity index (χ3n) is 3.16. The van der Waals surface area contributed by atoms with E-state index >= 15 is 0 Å². The average molecular weight is 365 g/mol. The van der Waals surface area contributed by atoms with Crippen LogP contribution in [-0.4, -0.2) is 43.4 Å². The van der Waals surface area contributed by atoms with Crippen LogP contribution in [0.25, 0.3) is 0 Å². The molecule has 0 bridgehead atoms. The number of aromatic nitrogens is 1. The Kier molecular flexibility index (Phi) is 8.48. The van der Waals surface area contributed by atoms with E-state index in [1.165, 1.54) is 5.56 Å². The van der Waals surface area contributed by atoms with Gasteiger partial charge in [-0.25, -0.2) is 4.98 Å². The molecule has 0 fully saturated rings. The van der Waals surface area contributed by atoms with Crippen LogP contribution >= 0.6 is 23.1 Å². The first-order valence-electron chi connectivity index (χ1n) is 7.94. The van der Waals surface area contributed by atoms with Crippen molar-refractivity contribution in [1.29, 1.82) is 0 Å². The second-order valence-electron chi connectivity index (χ2n) is 5.09. The predicted molar refractivity (Wildman–Crippen MR) is 103 cm³/mol. The van der Waals surface area contributed by atoms with Gasteiger partial charge in [0.25, 0.3) is 0 Å². The highest BCUT2D eigenvalue weighted by Crippen LogP contribution is 2.20. The molecule has 0 amide bonds. The minimum Gasteiger partial charge on any atom is -0.492 e. The molecule has 0 saturated carbocycles. The molecule has 0 radical (unpaired) electrons. The largest absolute Gasteiger partial charge is 0.492 e. The van der Waals surface area contributed by atoms with E-state index in [4.69, 9.17) is 4.74 Å². The fourth-order valence-electron chi connectivity index (χ4n) is 1.91. The lowest BCUT2D eigenvalue weighted by atomic mass is 10.2. The molecule has 0 unspecified atom stereocenters. The van der Waals surface area contributed by atoms with E-state index in [2.05, 4.69) is 27.5 Å². The third-order valence-corrected chi connectivity index (χ3v) is 5.21. The van der Waals surface area contributed by atoms with E-state index in [0.717, 1.165) is 34.8 Å². The van der Waals surface area contributed by atoms with Crippen molar-refractivity contribution in [1.82, 2.24) is 15.6 Å². The van der Waals surface area contributed by atoms with Gasteiger partial charge in [0.2, 0.25) is 0 Å². The van der Waals surface area contributed by atoms with Crippen LogP contribution in [-0.2, 0) is 0 Å². The monoisotopic (exact) mass is 364 g/mol. The van der Waals surface area contributed by atoms with E-state index in [-0.39, 0.29) is 0 Å². The molecule has 5 nitrogen and oxygen atoms in total. The Morgan fingerprint density at radius 2 is 2.04 bits per heavy atom. The maximum atomic E-state index is 5.69. The zero-order chi connectivity index (χ0) is 17.0. The van der Waals surface area contributed by atoms with Gasteiger partial charge in [0.05, 0.1) is 6.54 Å². The molecule has 1 heterocycles. The van der Waals surface area contributed by atoms with Gasteiger partial charge in [-0.2, -0.15) is 0 Å². The highest BCUT2D eigenvalue weighted by molar-refractivity contribution is 8.00. The van der Waals surface area contributed by atoms with Gasteiger partial charge in [-0.05, 0) is 25.5 Å². The molecule has 7 heteroatoms. The zero-order valence-corrected chi connectivity index (χ0v) is 15.8. The van der Waals surface area contributed by atoms with Gasteiger partial charge < -0.3 is 15.4 Å². The fraction of sp³-hybridized carbons (Fsp3) is 0.412. The normalized spacial score (nSPS) is 11.3. The molecule has 0 aliphatic rings. The van der Waals surface area contributed by atoms with E-state index in [9.17, 15) is 0 Å². The summed E-state index contributed by atoms with van der Waals surface area (Å²) in [5.74, 6) is 2.75. The van der Waals surface area contributed by atoms with Crippen molar-refractivity contribution in [2.45, 2.75) is 17.7 Å². The summed E-state index contributed by atoms with van der Waals surface area (Å²) in [5, 5.41) is 8.57. The number of nitrogens with one attached hydrogen (secondary N) is 2. The summed E-state index contributed by atoms with van der Waals surface area (Å²) < 4.78 is 6.82. The smallest absolute Gasteiger partial charge is 0.191 e. The molecule has 0 saturated heterocycles. The SMILES string of the molecule is CN=C(NCCCSc1nccs1)NCCOc1ccc(C)cc1. The second kappa shape index (κ2) is 10.9. The summed E-state index contributed by atoms with van der Waals surface area (Å²) in [7, 11) is 1.78. The Morgan fingerprint density at radius 3 is 2.75 bits per heavy atom. The molecule has 1 aromatic carbocycles. The fourth-order valence-corrected chi connectivity index (χ4v) is 3.56. The van der Waals surface area contributed by atoms with Crippen molar-refractivity contribution >= 4 is 29.1 Å². The molecule has 0 spiro atoms. The molecule has 0 aliphatic heterocycles. The average Bonchev–Trinajstić information content (AvgIpc) is 3.11. The third kappa shape index (κ3) is 7.23. The number of aliphatic imine (C=N–C) groups is 1. The number of benzene rings is 1. The van der Waals surface area contributed by atoms with Gasteiger partial charge >= 0.3 is 0 Å². The summed E-state index contributed by atoms with van der Waals surface area (Å²) in [6.07, 6.45) is 2.90. The van der Waals surface area contributed by atoms with Gasteiger partial charge in [0.15, 0.2) is 5.96 Å². The number of thiazole rings is 1. The van der Waals surface area contributed by atoms with E-state index in [1.54, 1.807) is 30.1 Å². The molecular weight excluding hydrogens is 340 g/mol. The lowest BCUT2D eigenvalue weighted by molar-refractivity contribution is 0.322. The predicted octanol–water partition coefficient (Wildman–Crippen LogP) is 3.18. The molecule has 24 heavy (non-hydrogen) atoms. The van der Waals surface area contributed by atoms with Crippen molar-refractivity contribution in [3.8, 4) is 5.75 Å². The van der Waals surface area contributed by atoms with Crippen LogP contribution in [0.15, 0.2) is 45.2 Å². The van der Waals surface area contributed by atoms with Crippen LogP contribution in [0.5, 0.6) is 5.75 Å². The number of aryl methyl sites for hydroxylation is 1. The lowest BCUT2D eigenvalue weighted by Gasteiger charge is -2.12. The zero-order valence-electron chi connectivity index (χ0n) is 14.1. The molecular formula is C17H24N4OS2. The first kappa shape index (κ1) is 18.6. The van der Waals surface area contributed by atoms with Crippen molar-refractivity contribution in [2.24, 2.45) is 4.99 Å². The summed E-state index contributed by atoms with van der Waals surface area (Å²) in [6, 6.07) is 8.07. The standard InChI is InChI=1S/C17H24N4OS2/c1-14-4-6-15(7-5-14)22-11-9-20-16(18-2)19-8-3-12-23-17-21-10-13-24-17/h4-7,10,13H,3,8-9,11-12H2,1-2H3,(H2,18,19,20). The Labute approximate surface area is 151 Å². The Balaban J connectivity index is 1.53. The minimum atomic E-state index is 0.601. The molecule has 0 aliphatic carbocycles. The van der Waals surface area contributed by atoms with Gasteiger partial charge in [0.1, 0.15) is 16.7 Å². The quantitative estimate of drug-likeness (QED) is 0.310. The van der Waals surface area contributed by atoms with E-state index in [0.29, 0.717) is 13.2 Å². The maximum absolute atomic E-state index is 5.69. The van der Waals surface area contributed by atoms with E-state index < -0.39 is 0 Å². The van der Waals surface area contributed by atoms with Crippen LogP contribution in [0.2, 0.25) is 0 Å². The molecule has 1 aromatic heterocycles. The number of ether oxygens (including phenoxy) is 1. The summed E-state index contributed by atoms with van der Waals surface area (Å²) in [5.41, 5.74) is 1.23. The second-order valence-corrected chi connectivity index (χ2v) is 7.32. The number of rotatable bonds is 9. The number of thioether (sulfide) groups is 1. The van der Waals surface area contributed by atoms with Crippen molar-refractivity contribution in [3.63, 3.8) is 0 Å². The molecule has 0 atom stereocenters. The van der Waals surface area contributed by atoms with Gasteiger partial charge in [-0.1, -0.05) is 29.5 Å². The summed E-state index contributed by atoms with van der Waals surface area (Å²) >= 11 is 3.48. The van der Waals surface area contributed by atoms with Crippen LogP contribution < -0.4 is 15.4 Å². The number of nitrogens with zero attached hydrogens (tertiary/aromatic N) is 2. The summed E-state index contributed by atoms with van der Waals surface area (Å²) in [4.78, 5) is 8.47. The van der Waals surface area contributed by atoms with Crippen LogP contribution in [0.3, 0.4) is 0 Å². The van der Waals surface area contributed by atoms with Gasteiger partial charge in [-0.15, -0.1) is 11.3 Å². The number of hydrogen-bond acceptors (Lipinski definition) is 5. The minimum absolute atomic E-state index is 0.601. The Morgan fingerprint density at radius 1 is 1.25 bits per heavy atom. The molecule has 2 N–H and O–H groups in total. The van der Waals surface area contributed by atoms with E-state index in [1.807, 2.05) is 35.8 Å². The van der Waals surface area contributed by atoms with Gasteiger partial charge in [0, 0.05) is 30.9 Å². The molecule has 130 valence electrons. The first-order valence-corrected chi connectivity index (χ1v) is 9.81. The molecule has 2 rings (SSSR count). The number of hydrogen-bond donors (Lipinski definition) is 2. The molecule has 2 aromatic rings. The lowest BCUT2D eigenvalue weighted by Crippen LogP contribution is -2.39. The highest BCUT2D eigenvalue weighted by Gasteiger charge is 1.99. The van der Waals surface area contributed by atoms with Crippen LogP contribution in [0.1, 0.15) is 12.0 Å². The van der Waals surface area contributed by atoms with Crippen LogP contribution in [0, 0.1) is 6.92 Å². The van der Waals surface area contributed by atoms with Crippen molar-refractivity contribution in [3.05, 3.63) is 41.4 Å². The Hall–Kier alpha value is -1.73. The summed E-state index contributed by atoms with van der Waals surface area (Å²) in [6.45, 7) is 4.26. The van der Waals surface area contributed by atoms with Gasteiger partial charge in [-0.3, -0.25) is 4.99 Å². The highest BCUT2D eigenvalue weighted by atomic mass is 32.2. The first-order chi connectivity index (χ1) is 11.8. The topological polar surface area (TPSA) is 58.5 Å². The van der Waals surface area contributed by atoms with Crippen LogP contribution in [0.4, 0.5) is 0 Å². The number of guanidine groups is 1. The van der Waals surface area contributed by atoms with Crippen molar-refractivity contribution < 1.29 is 4.74 Å². The Bertz CT molecular complexity index is 600. The van der Waals surface area contributed by atoms with Crippen molar-refractivity contribution in [2.75, 3.05) is 32.5 Å². The maximum Gasteiger partial charge on any atom is 0.191 e.